The van der Waals surface area contributed by atoms with Crippen molar-refractivity contribution in [3.8, 4) is 0 Å². The van der Waals surface area contributed by atoms with E-state index in [1.54, 1.807) is 12.4 Å². The number of nitrogens with zero attached hydrogens (tertiary/aromatic N) is 1. The Kier molecular flexibility index (Phi) is 2.81. The first-order valence-corrected chi connectivity index (χ1v) is 7.26. The van der Waals surface area contributed by atoms with Crippen LogP contribution >= 0.6 is 0 Å². The molecule has 1 fully saturated rings. The summed E-state index contributed by atoms with van der Waals surface area (Å²) in [6, 6.07) is 18.2. The van der Waals surface area contributed by atoms with Crippen molar-refractivity contribution in [3.05, 3.63) is 78.1 Å². The number of ketones is 1. The number of fused-ring (bicyclic) bond motifs is 1. The largest absolute Gasteiger partial charge is 0.294 e. The van der Waals surface area contributed by atoms with Crippen LogP contribution in [0.15, 0.2) is 67.0 Å². The van der Waals surface area contributed by atoms with Crippen LogP contribution in [0.5, 0.6) is 0 Å². The van der Waals surface area contributed by atoms with Crippen molar-refractivity contribution in [1.29, 1.82) is 0 Å². The molecule has 0 radical (unpaired) electrons. The van der Waals surface area contributed by atoms with Crippen molar-refractivity contribution in [3.63, 3.8) is 0 Å². The molecule has 4 rings (SSSR count). The van der Waals surface area contributed by atoms with Crippen molar-refractivity contribution in [2.24, 2.45) is 5.92 Å². The lowest BCUT2D eigenvalue weighted by atomic mass is 9.98. The zero-order valence-corrected chi connectivity index (χ0v) is 11.6. The summed E-state index contributed by atoms with van der Waals surface area (Å²) in [7, 11) is 0. The van der Waals surface area contributed by atoms with E-state index in [1.165, 1.54) is 5.56 Å². The molecule has 3 aromatic rings. The predicted molar refractivity (Wildman–Crippen MR) is 83.4 cm³/mol. The molecule has 2 atom stereocenters. The minimum Gasteiger partial charge on any atom is -0.294 e. The van der Waals surface area contributed by atoms with Gasteiger partial charge in [-0.25, -0.2) is 0 Å². The average molecular weight is 273 g/mol. The van der Waals surface area contributed by atoms with Crippen LogP contribution < -0.4 is 0 Å². The van der Waals surface area contributed by atoms with E-state index >= 15 is 0 Å². The normalized spacial score (nSPS) is 20.4. The second-order valence-electron chi connectivity index (χ2n) is 5.63. The molecule has 1 aliphatic carbocycles. The number of benzene rings is 2. The quantitative estimate of drug-likeness (QED) is 0.669. The lowest BCUT2D eigenvalue weighted by Crippen LogP contribution is -2.04. The maximum Gasteiger partial charge on any atom is 0.167 e. The highest BCUT2D eigenvalue weighted by Gasteiger charge is 2.44. The first kappa shape index (κ1) is 12.3. The van der Waals surface area contributed by atoms with Gasteiger partial charge in [-0.15, -0.1) is 0 Å². The number of pyridine rings is 1. The summed E-state index contributed by atoms with van der Waals surface area (Å²) in [4.78, 5) is 16.9. The maximum atomic E-state index is 12.8. The Morgan fingerprint density at radius 1 is 1.00 bits per heavy atom. The minimum atomic E-state index is 0.123. The summed E-state index contributed by atoms with van der Waals surface area (Å²) in [6.07, 6.45) is 4.52. The van der Waals surface area contributed by atoms with Crippen LogP contribution in [-0.4, -0.2) is 10.8 Å². The van der Waals surface area contributed by atoms with Gasteiger partial charge in [-0.2, -0.15) is 0 Å². The molecule has 102 valence electrons. The van der Waals surface area contributed by atoms with Gasteiger partial charge < -0.3 is 0 Å². The molecule has 0 spiro atoms. The molecule has 0 aliphatic heterocycles. The van der Waals surface area contributed by atoms with Gasteiger partial charge in [-0.3, -0.25) is 9.78 Å². The fourth-order valence-corrected chi connectivity index (χ4v) is 3.08. The molecule has 0 amide bonds. The third kappa shape index (κ3) is 2.13. The molecule has 1 aliphatic rings. The van der Waals surface area contributed by atoms with Gasteiger partial charge in [0.15, 0.2) is 5.78 Å². The topological polar surface area (TPSA) is 30.0 Å². The summed E-state index contributed by atoms with van der Waals surface area (Å²) < 4.78 is 0. The van der Waals surface area contributed by atoms with Crippen LogP contribution in [0.1, 0.15) is 28.3 Å². The van der Waals surface area contributed by atoms with Gasteiger partial charge in [0.25, 0.3) is 0 Å². The van der Waals surface area contributed by atoms with E-state index in [4.69, 9.17) is 0 Å². The molecule has 0 N–H and O–H groups in total. The number of hydrogen-bond acceptors (Lipinski definition) is 2. The smallest absolute Gasteiger partial charge is 0.167 e. The molecule has 1 aromatic heterocycles. The molecule has 0 bridgehead atoms. The van der Waals surface area contributed by atoms with Gasteiger partial charge in [-0.05, 0) is 29.4 Å². The summed E-state index contributed by atoms with van der Waals surface area (Å²) >= 11 is 0. The first-order chi connectivity index (χ1) is 10.3. The van der Waals surface area contributed by atoms with Crippen LogP contribution in [0.3, 0.4) is 0 Å². The number of carbonyl (C=O) groups is 1. The van der Waals surface area contributed by atoms with Crippen LogP contribution in [0.25, 0.3) is 10.8 Å². The highest BCUT2D eigenvalue weighted by atomic mass is 16.1. The Labute approximate surface area is 123 Å². The number of carbonyl (C=O) groups excluding carboxylic acids is 1. The van der Waals surface area contributed by atoms with Crippen LogP contribution in [-0.2, 0) is 0 Å². The monoisotopic (exact) mass is 273 g/mol. The van der Waals surface area contributed by atoms with Crippen LogP contribution in [0.2, 0.25) is 0 Å². The number of Topliss-reactive ketones (excluding diaryl/α,β-unsaturated/α-hetero) is 1. The van der Waals surface area contributed by atoms with Crippen LogP contribution in [0, 0.1) is 5.92 Å². The van der Waals surface area contributed by atoms with E-state index in [9.17, 15) is 4.79 Å². The zero-order valence-electron chi connectivity index (χ0n) is 11.6. The minimum absolute atomic E-state index is 0.123. The van der Waals surface area contributed by atoms with E-state index in [0.29, 0.717) is 5.92 Å². The first-order valence-electron chi connectivity index (χ1n) is 7.26. The third-order valence-corrected chi connectivity index (χ3v) is 4.30. The average Bonchev–Trinajstić information content (AvgIpc) is 3.35. The second kappa shape index (κ2) is 4.81. The van der Waals surface area contributed by atoms with Crippen molar-refractivity contribution >= 4 is 16.6 Å². The Bertz CT molecular complexity index is 805. The van der Waals surface area contributed by atoms with Gasteiger partial charge in [-0.1, -0.05) is 48.5 Å². The highest BCUT2D eigenvalue weighted by Crippen LogP contribution is 2.49. The van der Waals surface area contributed by atoms with Crippen molar-refractivity contribution < 1.29 is 4.79 Å². The zero-order chi connectivity index (χ0) is 14.2. The second-order valence-corrected chi connectivity index (χ2v) is 5.63. The molecule has 0 saturated heterocycles. The van der Waals surface area contributed by atoms with Gasteiger partial charge in [0.2, 0.25) is 0 Å². The summed E-state index contributed by atoms with van der Waals surface area (Å²) in [5, 5.41) is 2.04. The molecular weight excluding hydrogens is 258 g/mol. The molecule has 1 heterocycles. The molecular formula is C19H15NO. The lowest BCUT2D eigenvalue weighted by molar-refractivity contribution is 0.0967. The van der Waals surface area contributed by atoms with Gasteiger partial charge in [0.1, 0.15) is 0 Å². The fraction of sp³-hybridized carbons (Fsp3) is 0.158. The lowest BCUT2D eigenvalue weighted by Gasteiger charge is -2.05. The molecule has 21 heavy (non-hydrogen) atoms. The summed E-state index contributed by atoms with van der Waals surface area (Å²) in [5.41, 5.74) is 2.08. The molecule has 2 heteroatoms. The molecule has 1 saturated carbocycles. The maximum absolute atomic E-state index is 12.8. The Hall–Kier alpha value is -2.48. The highest BCUT2D eigenvalue weighted by molar-refractivity contribution is 6.10. The Morgan fingerprint density at radius 3 is 2.71 bits per heavy atom. The predicted octanol–water partition coefficient (Wildman–Crippen LogP) is 4.22. The summed E-state index contributed by atoms with van der Waals surface area (Å²) in [6.45, 7) is 0. The Morgan fingerprint density at radius 2 is 1.86 bits per heavy atom. The molecule has 2 unspecified atom stereocenters. The van der Waals surface area contributed by atoms with E-state index in [-0.39, 0.29) is 11.7 Å². The number of aromatic nitrogens is 1. The van der Waals surface area contributed by atoms with Gasteiger partial charge >= 0.3 is 0 Å². The van der Waals surface area contributed by atoms with Gasteiger partial charge in [0.05, 0.1) is 0 Å². The SMILES string of the molecule is O=C(c1cccc2ccncc12)C1CC1c1ccccc1. The number of rotatable bonds is 3. The van der Waals surface area contributed by atoms with Crippen molar-refractivity contribution in [2.75, 3.05) is 0 Å². The van der Waals surface area contributed by atoms with E-state index in [1.807, 2.05) is 42.5 Å². The third-order valence-electron chi connectivity index (χ3n) is 4.30. The summed E-state index contributed by atoms with van der Waals surface area (Å²) in [5.74, 6) is 0.756. The Balaban J connectivity index is 1.67. The molecule has 2 aromatic carbocycles. The van der Waals surface area contributed by atoms with Gasteiger partial charge in [0, 0.05) is 29.3 Å². The van der Waals surface area contributed by atoms with Crippen molar-refractivity contribution in [1.82, 2.24) is 4.98 Å². The standard InChI is InChI=1S/C19H15NO/c21-19(17-11-16(17)13-5-2-1-3-6-13)15-8-4-7-14-9-10-20-12-18(14)15/h1-10,12,16-17H,11H2. The van der Waals surface area contributed by atoms with E-state index in [0.717, 1.165) is 22.8 Å². The van der Waals surface area contributed by atoms with Crippen LogP contribution in [0.4, 0.5) is 0 Å². The van der Waals surface area contributed by atoms with E-state index in [2.05, 4.69) is 17.1 Å². The van der Waals surface area contributed by atoms with E-state index < -0.39 is 0 Å². The number of hydrogen-bond donors (Lipinski definition) is 0. The fourth-order valence-electron chi connectivity index (χ4n) is 3.08. The van der Waals surface area contributed by atoms with Crippen molar-refractivity contribution in [2.45, 2.75) is 12.3 Å². The molecule has 2 nitrogen and oxygen atoms in total.